The number of pyridine rings is 2. The summed E-state index contributed by atoms with van der Waals surface area (Å²) in [6.45, 7) is 10.2. The van der Waals surface area contributed by atoms with E-state index >= 15 is 0 Å². The molecule has 0 amide bonds. The maximum Gasteiger partial charge on any atom is 0.216 e. The number of nitrogens with zero attached hydrogens (tertiary/aromatic N) is 2. The number of hydrogen-bond donors (Lipinski definition) is 0. The lowest BCUT2D eigenvalue weighted by atomic mass is 9.86. The van der Waals surface area contributed by atoms with Crippen LogP contribution >= 0.6 is 11.8 Å². The highest BCUT2D eigenvalue weighted by atomic mass is 32.2. The van der Waals surface area contributed by atoms with Crippen LogP contribution in [0.2, 0.25) is 0 Å². The number of hydrogen-bond acceptors (Lipinski definition) is 3. The molecule has 0 fully saturated rings. The molecule has 0 aliphatic rings. The van der Waals surface area contributed by atoms with E-state index in [1.807, 2.05) is 33.1 Å². The van der Waals surface area contributed by atoms with E-state index in [4.69, 9.17) is 0 Å². The van der Waals surface area contributed by atoms with Gasteiger partial charge in [-0.3, -0.25) is 0 Å². The minimum absolute atomic E-state index is 0.132. The first-order chi connectivity index (χ1) is 11.8. The molecule has 0 radical (unpaired) electrons. The zero-order valence-corrected chi connectivity index (χ0v) is 16.5. The first-order valence-corrected chi connectivity index (χ1v) is 9.86. The number of halogens is 2. The van der Waals surface area contributed by atoms with E-state index in [0.29, 0.717) is 17.7 Å². The molecule has 0 saturated heterocycles. The van der Waals surface area contributed by atoms with Crippen LogP contribution in [0.3, 0.4) is 0 Å². The summed E-state index contributed by atoms with van der Waals surface area (Å²) < 4.78 is 28.4. The Morgan fingerprint density at radius 2 is 1.72 bits per heavy atom. The Labute approximate surface area is 153 Å². The predicted octanol–water partition coefficient (Wildman–Crippen LogP) is 6.07. The highest BCUT2D eigenvalue weighted by molar-refractivity contribution is 7.98. The lowest BCUT2D eigenvalue weighted by Gasteiger charge is -2.22. The van der Waals surface area contributed by atoms with Crippen molar-refractivity contribution in [1.29, 1.82) is 0 Å². The van der Waals surface area contributed by atoms with Crippen molar-refractivity contribution in [2.75, 3.05) is 6.26 Å². The van der Waals surface area contributed by atoms with Gasteiger partial charge in [0.2, 0.25) is 11.9 Å². The van der Waals surface area contributed by atoms with E-state index in [1.54, 1.807) is 0 Å². The molecule has 0 aromatic carbocycles. The van der Waals surface area contributed by atoms with Crippen molar-refractivity contribution in [3.63, 3.8) is 0 Å². The molecule has 2 heterocycles. The van der Waals surface area contributed by atoms with Gasteiger partial charge in [-0.2, -0.15) is 8.78 Å². The summed E-state index contributed by atoms with van der Waals surface area (Å²) in [5.41, 5.74) is 3.33. The summed E-state index contributed by atoms with van der Waals surface area (Å²) in [4.78, 5) is 8.88. The van der Waals surface area contributed by atoms with Crippen LogP contribution in [0.5, 0.6) is 0 Å². The molecule has 2 nitrogen and oxygen atoms in total. The van der Waals surface area contributed by atoms with Gasteiger partial charge in [0.1, 0.15) is 0 Å². The van der Waals surface area contributed by atoms with Crippen LogP contribution in [0.4, 0.5) is 8.78 Å². The Kier molecular flexibility index (Phi) is 6.55. The molecule has 25 heavy (non-hydrogen) atoms. The lowest BCUT2D eigenvalue weighted by molar-refractivity contribution is 0.531. The Morgan fingerprint density at radius 1 is 1.04 bits per heavy atom. The summed E-state index contributed by atoms with van der Waals surface area (Å²) in [6.07, 6.45) is 3.93. The zero-order chi connectivity index (χ0) is 18.7. The quantitative estimate of drug-likeness (QED) is 0.459. The van der Waals surface area contributed by atoms with Crippen LogP contribution in [-0.2, 0) is 6.42 Å². The van der Waals surface area contributed by atoms with Crippen molar-refractivity contribution in [1.82, 2.24) is 9.97 Å². The topological polar surface area (TPSA) is 25.8 Å². The maximum absolute atomic E-state index is 14.4. The fourth-order valence-electron chi connectivity index (χ4n) is 3.34. The van der Waals surface area contributed by atoms with E-state index in [-0.39, 0.29) is 17.8 Å². The van der Waals surface area contributed by atoms with Crippen LogP contribution in [0.15, 0.2) is 23.2 Å². The molecule has 136 valence electrons. The zero-order valence-electron chi connectivity index (χ0n) is 15.7. The smallest absolute Gasteiger partial charge is 0.216 e. The van der Waals surface area contributed by atoms with Gasteiger partial charge in [0.15, 0.2) is 0 Å². The molecule has 2 aromatic heterocycles. The fraction of sp³-hybridized carbons (Fsp3) is 0.500. The Morgan fingerprint density at radius 3 is 2.28 bits per heavy atom. The third-order valence-electron chi connectivity index (χ3n) is 4.46. The molecule has 0 aliphatic heterocycles. The Balaban J connectivity index is 2.49. The van der Waals surface area contributed by atoms with Gasteiger partial charge in [-0.1, -0.05) is 34.6 Å². The van der Waals surface area contributed by atoms with Gasteiger partial charge in [-0.15, -0.1) is 11.8 Å². The molecule has 5 heteroatoms. The van der Waals surface area contributed by atoms with Gasteiger partial charge in [-0.25, -0.2) is 9.97 Å². The van der Waals surface area contributed by atoms with Crippen LogP contribution in [0, 0.1) is 11.9 Å². The van der Waals surface area contributed by atoms with Crippen LogP contribution in [-0.4, -0.2) is 16.2 Å². The molecule has 0 aliphatic carbocycles. The van der Waals surface area contributed by atoms with E-state index in [9.17, 15) is 8.78 Å². The van der Waals surface area contributed by atoms with Crippen LogP contribution in [0.1, 0.15) is 74.8 Å². The molecule has 2 rings (SSSR count). The molecule has 0 bridgehead atoms. The minimum atomic E-state index is -0.480. The molecule has 0 saturated carbocycles. The molecule has 1 atom stereocenters. The monoisotopic (exact) mass is 364 g/mol. The van der Waals surface area contributed by atoms with E-state index in [0.717, 1.165) is 16.0 Å². The summed E-state index contributed by atoms with van der Waals surface area (Å²) in [6, 6.07) is 3.35. The number of thioether (sulfide) groups is 1. The second-order valence-corrected chi connectivity index (χ2v) is 7.87. The van der Waals surface area contributed by atoms with Gasteiger partial charge < -0.3 is 0 Å². The normalized spacial score (nSPS) is 12.9. The van der Waals surface area contributed by atoms with E-state index < -0.39 is 11.9 Å². The standard InChI is InChI=1S/C20H26F2N2S/c1-11(2)14-7-8-23-20(22)19(14)13(5)9-15-18(12(3)4)16(25-6)10-17(21)24-15/h7-8,10-13H,9H2,1-6H3. The first-order valence-electron chi connectivity index (χ1n) is 8.63. The SMILES string of the molecule is CSc1cc(F)nc(CC(C)c2c(C(C)C)ccnc2F)c1C(C)C. The van der Waals surface area contributed by atoms with Gasteiger partial charge in [0, 0.05) is 28.4 Å². The minimum Gasteiger partial charge on any atom is -0.228 e. The molecule has 2 aromatic rings. The molecule has 0 spiro atoms. The average molecular weight is 365 g/mol. The Hall–Kier alpha value is -1.49. The second-order valence-electron chi connectivity index (χ2n) is 7.03. The largest absolute Gasteiger partial charge is 0.228 e. The van der Waals surface area contributed by atoms with Gasteiger partial charge >= 0.3 is 0 Å². The number of aromatic nitrogens is 2. The van der Waals surface area contributed by atoms with Gasteiger partial charge in [-0.05, 0) is 47.6 Å². The second kappa shape index (κ2) is 8.26. The highest BCUT2D eigenvalue weighted by Gasteiger charge is 2.23. The highest BCUT2D eigenvalue weighted by Crippen LogP contribution is 2.34. The summed E-state index contributed by atoms with van der Waals surface area (Å²) in [5, 5.41) is 0. The van der Waals surface area contributed by atoms with Crippen molar-refractivity contribution < 1.29 is 8.78 Å². The summed E-state index contributed by atoms with van der Waals surface area (Å²) in [7, 11) is 0. The third kappa shape index (κ3) is 4.38. The lowest BCUT2D eigenvalue weighted by Crippen LogP contribution is -2.12. The van der Waals surface area contributed by atoms with Gasteiger partial charge in [0.25, 0.3) is 0 Å². The summed E-state index contributed by atoms with van der Waals surface area (Å²) in [5.74, 6) is -0.631. The van der Waals surface area contributed by atoms with Crippen LogP contribution in [0.25, 0.3) is 0 Å². The maximum atomic E-state index is 14.4. The first kappa shape index (κ1) is 19.8. The van der Waals surface area contributed by atoms with Crippen molar-refractivity contribution in [2.45, 2.75) is 63.7 Å². The van der Waals surface area contributed by atoms with Crippen molar-refractivity contribution >= 4 is 11.8 Å². The molecule has 1 unspecified atom stereocenters. The molecular weight excluding hydrogens is 338 g/mol. The van der Waals surface area contributed by atoms with Crippen molar-refractivity contribution in [3.05, 3.63) is 52.6 Å². The molecular formula is C20H26F2N2S. The van der Waals surface area contributed by atoms with Crippen molar-refractivity contribution in [2.24, 2.45) is 0 Å². The van der Waals surface area contributed by atoms with E-state index in [1.165, 1.54) is 24.0 Å². The van der Waals surface area contributed by atoms with Crippen molar-refractivity contribution in [3.8, 4) is 0 Å². The predicted molar refractivity (Wildman–Crippen MR) is 100 cm³/mol. The van der Waals surface area contributed by atoms with E-state index in [2.05, 4.69) is 23.8 Å². The van der Waals surface area contributed by atoms with Gasteiger partial charge in [0.05, 0.1) is 0 Å². The third-order valence-corrected chi connectivity index (χ3v) is 5.23. The Bertz CT molecular complexity index is 745. The fourth-order valence-corrected chi connectivity index (χ4v) is 4.13. The summed E-state index contributed by atoms with van der Waals surface area (Å²) >= 11 is 1.52. The average Bonchev–Trinajstić information content (AvgIpc) is 2.53. The van der Waals surface area contributed by atoms with Crippen LogP contribution < -0.4 is 0 Å². The molecule has 0 N–H and O–H groups in total. The number of rotatable bonds is 6.